The topological polar surface area (TPSA) is 54.6 Å². The van der Waals surface area contributed by atoms with Crippen molar-refractivity contribution in [1.82, 2.24) is 4.73 Å². The number of amides is 1. The summed E-state index contributed by atoms with van der Waals surface area (Å²) in [6, 6.07) is 0. The van der Waals surface area contributed by atoms with Crippen LogP contribution in [0.2, 0.25) is 10.0 Å². The summed E-state index contributed by atoms with van der Waals surface area (Å²) in [6.07, 6.45) is 2.42. The molecule has 0 aliphatic heterocycles. The van der Waals surface area contributed by atoms with Crippen molar-refractivity contribution in [3.05, 3.63) is 27.8 Å². The van der Waals surface area contributed by atoms with Gasteiger partial charge in [0.05, 0.1) is 22.4 Å². The number of rotatable bonds is 1. The van der Waals surface area contributed by atoms with E-state index in [9.17, 15) is 4.79 Å². The number of aromatic nitrogens is 1. The lowest BCUT2D eigenvalue weighted by molar-refractivity contribution is -0.120. The monoisotopic (exact) mass is 248 g/mol. The first-order valence-electron chi connectivity index (χ1n) is 4.27. The molecule has 1 heterocycles. The highest BCUT2D eigenvalue weighted by Gasteiger charge is 2.07. The molecule has 0 aliphatic rings. The van der Waals surface area contributed by atoms with E-state index in [1.54, 1.807) is 13.8 Å². The van der Waals surface area contributed by atoms with E-state index in [1.807, 2.05) is 0 Å². The first-order valence-corrected chi connectivity index (χ1v) is 5.02. The van der Waals surface area contributed by atoms with E-state index in [2.05, 4.69) is 4.99 Å². The maximum Gasteiger partial charge on any atom is 0.248 e. The second-order valence-electron chi connectivity index (χ2n) is 3.29. The third kappa shape index (κ3) is 2.97. The van der Waals surface area contributed by atoms with Crippen molar-refractivity contribution in [1.29, 1.82) is 0 Å². The van der Waals surface area contributed by atoms with E-state index in [0.717, 1.165) is 0 Å². The molecule has 4 nitrogen and oxygen atoms in total. The van der Waals surface area contributed by atoms with Crippen molar-refractivity contribution in [2.24, 2.45) is 10.9 Å². The molecule has 0 saturated carbocycles. The van der Waals surface area contributed by atoms with Crippen molar-refractivity contribution in [2.75, 3.05) is 0 Å². The molecule has 0 bridgehead atoms. The highest BCUT2D eigenvalue weighted by molar-refractivity contribution is 6.34. The second kappa shape index (κ2) is 4.68. The zero-order valence-corrected chi connectivity index (χ0v) is 9.75. The van der Waals surface area contributed by atoms with E-state index >= 15 is 0 Å². The maximum atomic E-state index is 11.3. The van der Waals surface area contributed by atoms with E-state index in [0.29, 0.717) is 4.73 Å². The Labute approximate surface area is 96.7 Å². The summed E-state index contributed by atoms with van der Waals surface area (Å²) in [4.78, 5) is 15.1. The maximum absolute atomic E-state index is 11.3. The third-order valence-corrected chi connectivity index (χ3v) is 2.21. The molecule has 0 radical (unpaired) electrons. The largest absolute Gasteiger partial charge is 0.429 e. The normalized spacial score (nSPS) is 10.5. The average Bonchev–Trinajstić information content (AvgIpc) is 2.10. The number of hydrogen-bond acceptors (Lipinski definition) is 2. The summed E-state index contributed by atoms with van der Waals surface area (Å²) >= 11 is 11.5. The van der Waals surface area contributed by atoms with Gasteiger partial charge in [-0.1, -0.05) is 37.0 Å². The molecule has 0 unspecified atom stereocenters. The van der Waals surface area contributed by atoms with Gasteiger partial charge < -0.3 is 5.21 Å². The van der Waals surface area contributed by atoms with E-state index < -0.39 is 0 Å². The number of nitrogens with zero attached hydrogens (tertiary/aromatic N) is 2. The average molecular weight is 249 g/mol. The lowest BCUT2D eigenvalue weighted by Crippen LogP contribution is -2.14. The van der Waals surface area contributed by atoms with Crippen molar-refractivity contribution in [3.63, 3.8) is 0 Å². The predicted molar refractivity (Wildman–Crippen MR) is 57.0 cm³/mol. The second-order valence-corrected chi connectivity index (χ2v) is 4.10. The Morgan fingerprint density at radius 3 is 2.27 bits per heavy atom. The Morgan fingerprint density at radius 2 is 1.87 bits per heavy atom. The quantitative estimate of drug-likeness (QED) is 0.775. The molecule has 15 heavy (non-hydrogen) atoms. The van der Waals surface area contributed by atoms with Crippen LogP contribution < -0.4 is 5.36 Å². The molecule has 0 atom stereocenters. The van der Waals surface area contributed by atoms with Gasteiger partial charge in [-0.25, -0.2) is 4.99 Å². The van der Waals surface area contributed by atoms with Gasteiger partial charge in [0.1, 0.15) is 5.36 Å². The number of halogens is 2. The summed E-state index contributed by atoms with van der Waals surface area (Å²) in [5, 5.41) is 9.51. The fourth-order valence-electron chi connectivity index (χ4n) is 0.852. The minimum atomic E-state index is -0.311. The first-order chi connectivity index (χ1) is 6.91. The van der Waals surface area contributed by atoms with Crippen LogP contribution >= 0.6 is 23.2 Å². The zero-order chi connectivity index (χ0) is 11.6. The van der Waals surface area contributed by atoms with Crippen molar-refractivity contribution < 1.29 is 10.0 Å². The molecule has 1 aromatic heterocycles. The van der Waals surface area contributed by atoms with Crippen LogP contribution in [0.25, 0.3) is 0 Å². The Balaban J connectivity index is 3.32. The van der Waals surface area contributed by atoms with E-state index in [1.165, 1.54) is 12.4 Å². The molecule has 1 amide bonds. The Kier molecular flexibility index (Phi) is 3.77. The summed E-state index contributed by atoms with van der Waals surface area (Å²) in [7, 11) is 0. The predicted octanol–water partition coefficient (Wildman–Crippen LogP) is 2.12. The summed E-state index contributed by atoms with van der Waals surface area (Å²) in [6.45, 7) is 3.45. The van der Waals surface area contributed by atoms with E-state index in [4.69, 9.17) is 28.4 Å². The molecule has 0 spiro atoms. The van der Waals surface area contributed by atoms with Gasteiger partial charge in [-0.3, -0.25) is 4.79 Å². The van der Waals surface area contributed by atoms with Crippen LogP contribution in [0.4, 0.5) is 0 Å². The van der Waals surface area contributed by atoms with Gasteiger partial charge in [0.25, 0.3) is 0 Å². The lowest BCUT2D eigenvalue weighted by Gasteiger charge is -2.01. The standard InChI is InChI=1S/C9H10Cl2N2O2/c1-5(2)9(14)12-8-6(10)3-13(15)4-7(8)11/h3-5,15H,1-2H3. The van der Waals surface area contributed by atoms with Gasteiger partial charge in [0.15, 0.2) is 0 Å². The molecule has 6 heteroatoms. The minimum Gasteiger partial charge on any atom is -0.429 e. The van der Waals surface area contributed by atoms with Crippen LogP contribution in [0.5, 0.6) is 0 Å². The SMILES string of the molecule is CC(C)C(=O)N=c1c(Cl)cn(O)cc1Cl. The van der Waals surface area contributed by atoms with Crippen LogP contribution in [0.1, 0.15) is 13.8 Å². The van der Waals surface area contributed by atoms with Crippen LogP contribution in [0.3, 0.4) is 0 Å². The number of hydrogen-bond donors (Lipinski definition) is 1. The molecule has 0 fully saturated rings. The first kappa shape index (κ1) is 12.1. The summed E-state index contributed by atoms with van der Waals surface area (Å²) in [5.74, 6) is -0.534. The Bertz CT molecular complexity index is 426. The molecular weight excluding hydrogens is 239 g/mol. The van der Waals surface area contributed by atoms with Crippen LogP contribution in [0.15, 0.2) is 17.4 Å². The van der Waals surface area contributed by atoms with Crippen molar-refractivity contribution in [3.8, 4) is 0 Å². The van der Waals surface area contributed by atoms with Gasteiger partial charge in [0, 0.05) is 5.92 Å². The number of carbonyl (C=O) groups excluding carboxylic acids is 1. The van der Waals surface area contributed by atoms with Crippen molar-refractivity contribution >= 4 is 29.1 Å². The molecule has 1 rings (SSSR count). The third-order valence-electron chi connectivity index (χ3n) is 1.66. The highest BCUT2D eigenvalue weighted by Crippen LogP contribution is 2.08. The molecule has 82 valence electrons. The summed E-state index contributed by atoms with van der Waals surface area (Å²) < 4.78 is 0.712. The number of pyridine rings is 1. The Hall–Kier alpha value is -1.00. The van der Waals surface area contributed by atoms with Gasteiger partial charge in [-0.15, -0.1) is 0 Å². The van der Waals surface area contributed by atoms with Crippen LogP contribution in [0, 0.1) is 5.92 Å². The van der Waals surface area contributed by atoms with Gasteiger partial charge >= 0.3 is 0 Å². The molecule has 0 aliphatic carbocycles. The molecule has 1 aromatic rings. The summed E-state index contributed by atoms with van der Waals surface area (Å²) in [5.41, 5.74) is 0. The van der Waals surface area contributed by atoms with Gasteiger partial charge in [-0.2, -0.15) is 4.73 Å². The van der Waals surface area contributed by atoms with Gasteiger partial charge in [-0.05, 0) is 0 Å². The molecule has 1 N–H and O–H groups in total. The van der Waals surface area contributed by atoms with Crippen molar-refractivity contribution in [2.45, 2.75) is 13.8 Å². The highest BCUT2D eigenvalue weighted by atomic mass is 35.5. The van der Waals surface area contributed by atoms with E-state index in [-0.39, 0.29) is 27.2 Å². The molecular formula is C9H10Cl2N2O2. The Morgan fingerprint density at radius 1 is 1.40 bits per heavy atom. The number of carbonyl (C=O) groups is 1. The fourth-order valence-corrected chi connectivity index (χ4v) is 1.39. The van der Waals surface area contributed by atoms with Crippen LogP contribution in [-0.4, -0.2) is 15.8 Å². The molecule has 0 saturated heterocycles. The fraction of sp³-hybridized carbons (Fsp3) is 0.333. The zero-order valence-electron chi connectivity index (χ0n) is 8.24. The lowest BCUT2D eigenvalue weighted by atomic mass is 10.2. The smallest absolute Gasteiger partial charge is 0.248 e. The van der Waals surface area contributed by atoms with Gasteiger partial charge in [0.2, 0.25) is 5.91 Å². The molecule has 0 aromatic carbocycles. The minimum absolute atomic E-state index is 0.124. The van der Waals surface area contributed by atoms with Crippen LogP contribution in [-0.2, 0) is 4.79 Å².